The molecule has 0 aliphatic rings. The molecule has 2 aromatic rings. The Bertz CT molecular complexity index is 699. The molecule has 2 rings (SSSR count). The standard InChI is InChI=1S/C19H29N5O2/c1-5-20-19(25)24(12-11-22(2)3)15-18-21-9-10-23(18)14-16-7-6-8-17(13-16)26-4/h6-10,13H,5,11-12,14-15H2,1-4H3,(H,20,25). The second-order valence-corrected chi connectivity index (χ2v) is 6.38. The number of hydrogen-bond donors (Lipinski definition) is 1. The number of aromatic nitrogens is 2. The van der Waals surface area contributed by atoms with Crippen molar-refractivity contribution in [3.05, 3.63) is 48.0 Å². The van der Waals surface area contributed by atoms with Crippen molar-refractivity contribution in [2.24, 2.45) is 0 Å². The Kier molecular flexibility index (Phi) is 7.47. The van der Waals surface area contributed by atoms with Crippen LogP contribution in [0.1, 0.15) is 18.3 Å². The molecule has 1 heterocycles. The average molecular weight is 359 g/mol. The third-order valence-electron chi connectivity index (χ3n) is 4.05. The maximum Gasteiger partial charge on any atom is 0.317 e. The van der Waals surface area contributed by atoms with Gasteiger partial charge < -0.3 is 24.4 Å². The molecular weight excluding hydrogens is 330 g/mol. The van der Waals surface area contributed by atoms with Crippen LogP contribution in [0, 0.1) is 0 Å². The number of nitrogens with zero attached hydrogens (tertiary/aromatic N) is 4. The van der Waals surface area contributed by atoms with E-state index in [-0.39, 0.29) is 6.03 Å². The minimum atomic E-state index is -0.0646. The zero-order chi connectivity index (χ0) is 18.9. The molecule has 0 unspecified atom stereocenters. The SMILES string of the molecule is CCNC(=O)N(CCN(C)C)Cc1nccn1Cc1cccc(OC)c1. The Morgan fingerprint density at radius 2 is 2.12 bits per heavy atom. The van der Waals surface area contributed by atoms with Gasteiger partial charge in [0.25, 0.3) is 0 Å². The van der Waals surface area contributed by atoms with Crippen molar-refractivity contribution < 1.29 is 9.53 Å². The van der Waals surface area contributed by atoms with E-state index in [1.165, 1.54) is 0 Å². The van der Waals surface area contributed by atoms with Gasteiger partial charge in [-0.3, -0.25) is 0 Å². The largest absolute Gasteiger partial charge is 0.497 e. The number of ether oxygens (including phenoxy) is 1. The van der Waals surface area contributed by atoms with Gasteiger partial charge in [0.1, 0.15) is 11.6 Å². The van der Waals surface area contributed by atoms with Crippen LogP contribution in [0.3, 0.4) is 0 Å². The molecule has 1 N–H and O–H groups in total. The zero-order valence-corrected chi connectivity index (χ0v) is 16.1. The third kappa shape index (κ3) is 5.77. The number of benzene rings is 1. The number of imidazole rings is 1. The van der Waals surface area contributed by atoms with E-state index in [1.807, 2.05) is 45.4 Å². The van der Waals surface area contributed by atoms with Crippen LogP contribution in [-0.4, -0.2) is 66.2 Å². The second kappa shape index (κ2) is 9.82. The number of likely N-dealkylation sites (N-methyl/N-ethyl adjacent to an activating group) is 1. The predicted octanol–water partition coefficient (Wildman–Crippen LogP) is 2.03. The van der Waals surface area contributed by atoms with Crippen LogP contribution in [0.4, 0.5) is 4.79 Å². The summed E-state index contributed by atoms with van der Waals surface area (Å²) in [6, 6.07) is 7.90. The van der Waals surface area contributed by atoms with Crippen molar-refractivity contribution >= 4 is 6.03 Å². The molecule has 0 fully saturated rings. The van der Waals surface area contributed by atoms with E-state index in [2.05, 4.69) is 25.8 Å². The molecule has 7 heteroatoms. The Morgan fingerprint density at radius 1 is 1.31 bits per heavy atom. The molecule has 142 valence electrons. The fourth-order valence-corrected chi connectivity index (χ4v) is 2.61. The minimum Gasteiger partial charge on any atom is -0.497 e. The highest BCUT2D eigenvalue weighted by atomic mass is 16.5. The number of carbonyl (C=O) groups is 1. The lowest BCUT2D eigenvalue weighted by Crippen LogP contribution is -2.43. The monoisotopic (exact) mass is 359 g/mol. The molecule has 7 nitrogen and oxygen atoms in total. The Morgan fingerprint density at radius 3 is 2.81 bits per heavy atom. The average Bonchev–Trinajstić information content (AvgIpc) is 3.05. The van der Waals surface area contributed by atoms with Crippen LogP contribution in [0.15, 0.2) is 36.7 Å². The van der Waals surface area contributed by atoms with Crippen LogP contribution >= 0.6 is 0 Å². The lowest BCUT2D eigenvalue weighted by molar-refractivity contribution is 0.187. The number of urea groups is 1. The molecular formula is C19H29N5O2. The molecule has 26 heavy (non-hydrogen) atoms. The van der Waals surface area contributed by atoms with Crippen molar-refractivity contribution in [1.29, 1.82) is 0 Å². The van der Waals surface area contributed by atoms with Crippen molar-refractivity contribution in [3.8, 4) is 5.75 Å². The smallest absolute Gasteiger partial charge is 0.317 e. The first-order valence-electron chi connectivity index (χ1n) is 8.84. The van der Waals surface area contributed by atoms with Crippen LogP contribution < -0.4 is 10.1 Å². The molecule has 0 aliphatic heterocycles. The molecule has 0 radical (unpaired) electrons. The molecule has 0 spiro atoms. The lowest BCUT2D eigenvalue weighted by Gasteiger charge is -2.24. The van der Waals surface area contributed by atoms with Gasteiger partial charge in [-0.1, -0.05) is 12.1 Å². The number of rotatable bonds is 9. The van der Waals surface area contributed by atoms with Gasteiger partial charge in [0.2, 0.25) is 0 Å². The number of amides is 2. The first-order valence-corrected chi connectivity index (χ1v) is 8.84. The van der Waals surface area contributed by atoms with E-state index in [0.29, 0.717) is 26.2 Å². The van der Waals surface area contributed by atoms with Crippen molar-refractivity contribution in [3.63, 3.8) is 0 Å². The highest BCUT2D eigenvalue weighted by molar-refractivity contribution is 5.74. The number of methoxy groups -OCH3 is 1. The van der Waals surface area contributed by atoms with Crippen LogP contribution in [0.2, 0.25) is 0 Å². The Hall–Kier alpha value is -2.54. The summed E-state index contributed by atoms with van der Waals surface area (Å²) in [5, 5.41) is 2.88. The van der Waals surface area contributed by atoms with Crippen LogP contribution in [0.5, 0.6) is 5.75 Å². The summed E-state index contributed by atoms with van der Waals surface area (Å²) >= 11 is 0. The molecule has 1 aromatic carbocycles. The van der Waals surface area contributed by atoms with Gasteiger partial charge in [-0.05, 0) is 38.7 Å². The molecule has 0 saturated carbocycles. The Labute approximate surface area is 155 Å². The minimum absolute atomic E-state index is 0.0646. The summed E-state index contributed by atoms with van der Waals surface area (Å²) in [4.78, 5) is 20.7. The number of nitrogens with one attached hydrogen (secondary N) is 1. The normalized spacial score (nSPS) is 10.8. The van der Waals surface area contributed by atoms with E-state index in [9.17, 15) is 4.79 Å². The van der Waals surface area contributed by atoms with Gasteiger partial charge in [-0.25, -0.2) is 9.78 Å². The quantitative estimate of drug-likeness (QED) is 0.744. The van der Waals surface area contributed by atoms with Gasteiger partial charge in [-0.15, -0.1) is 0 Å². The summed E-state index contributed by atoms with van der Waals surface area (Å²) in [5.41, 5.74) is 1.13. The second-order valence-electron chi connectivity index (χ2n) is 6.38. The lowest BCUT2D eigenvalue weighted by atomic mass is 10.2. The topological polar surface area (TPSA) is 62.6 Å². The number of carbonyl (C=O) groups excluding carboxylic acids is 1. The van der Waals surface area contributed by atoms with Gasteiger partial charge in [0, 0.05) is 38.6 Å². The van der Waals surface area contributed by atoms with Crippen LogP contribution in [0.25, 0.3) is 0 Å². The molecule has 0 aliphatic carbocycles. The first kappa shape index (κ1) is 19.8. The number of hydrogen-bond acceptors (Lipinski definition) is 4. The van der Waals surface area contributed by atoms with E-state index < -0.39 is 0 Å². The Balaban J connectivity index is 2.11. The molecule has 0 saturated heterocycles. The molecule has 0 bridgehead atoms. The van der Waals surface area contributed by atoms with Gasteiger partial charge >= 0.3 is 6.03 Å². The van der Waals surface area contributed by atoms with Crippen LogP contribution in [-0.2, 0) is 13.1 Å². The predicted molar refractivity (Wildman–Crippen MR) is 102 cm³/mol. The highest BCUT2D eigenvalue weighted by Gasteiger charge is 2.16. The van der Waals surface area contributed by atoms with Crippen molar-refractivity contribution in [2.45, 2.75) is 20.0 Å². The molecule has 1 aromatic heterocycles. The summed E-state index contributed by atoms with van der Waals surface area (Å²) in [5.74, 6) is 1.69. The van der Waals surface area contributed by atoms with Crippen molar-refractivity contribution in [1.82, 2.24) is 24.7 Å². The molecule has 0 atom stereocenters. The van der Waals surface area contributed by atoms with Gasteiger partial charge in [0.05, 0.1) is 13.7 Å². The maximum absolute atomic E-state index is 12.4. The van der Waals surface area contributed by atoms with Gasteiger partial charge in [0.15, 0.2) is 0 Å². The first-order chi connectivity index (χ1) is 12.5. The van der Waals surface area contributed by atoms with E-state index in [1.54, 1.807) is 18.2 Å². The fraction of sp³-hybridized carbons (Fsp3) is 0.474. The van der Waals surface area contributed by atoms with Gasteiger partial charge in [-0.2, -0.15) is 0 Å². The summed E-state index contributed by atoms with van der Waals surface area (Å²) in [7, 11) is 5.66. The maximum atomic E-state index is 12.4. The summed E-state index contributed by atoms with van der Waals surface area (Å²) in [6.45, 7) is 5.12. The van der Waals surface area contributed by atoms with E-state index in [0.717, 1.165) is 23.7 Å². The van der Waals surface area contributed by atoms with E-state index in [4.69, 9.17) is 4.74 Å². The summed E-state index contributed by atoms with van der Waals surface area (Å²) < 4.78 is 7.36. The summed E-state index contributed by atoms with van der Waals surface area (Å²) in [6.07, 6.45) is 3.72. The highest BCUT2D eigenvalue weighted by Crippen LogP contribution is 2.15. The zero-order valence-electron chi connectivity index (χ0n) is 16.1. The fourth-order valence-electron chi connectivity index (χ4n) is 2.61. The van der Waals surface area contributed by atoms with E-state index >= 15 is 0 Å². The third-order valence-corrected chi connectivity index (χ3v) is 4.05. The van der Waals surface area contributed by atoms with Crippen molar-refractivity contribution in [2.75, 3.05) is 40.8 Å². The molecule has 2 amide bonds.